The van der Waals surface area contributed by atoms with E-state index in [1.165, 1.54) is 10.7 Å². The summed E-state index contributed by atoms with van der Waals surface area (Å²) in [6.45, 7) is 7.74. The quantitative estimate of drug-likeness (QED) is 0.704. The first-order valence-electron chi connectivity index (χ1n) is 8.52. The Balaban J connectivity index is 0.00000117. The van der Waals surface area contributed by atoms with Crippen LogP contribution in [0.5, 0.6) is 0 Å². The molecule has 0 bridgehead atoms. The highest BCUT2D eigenvalue weighted by Crippen LogP contribution is 2.15. The zero-order valence-corrected chi connectivity index (χ0v) is 16.1. The molecule has 6 nitrogen and oxygen atoms in total. The van der Waals surface area contributed by atoms with Crippen molar-refractivity contribution in [1.29, 1.82) is 0 Å². The van der Waals surface area contributed by atoms with E-state index in [1.807, 2.05) is 26.0 Å². The van der Waals surface area contributed by atoms with E-state index >= 15 is 0 Å². The van der Waals surface area contributed by atoms with Crippen LogP contribution in [-0.2, 0) is 11.2 Å². The molecule has 0 aliphatic carbocycles. The second-order valence-electron chi connectivity index (χ2n) is 5.35. The van der Waals surface area contributed by atoms with Crippen LogP contribution in [0, 0.1) is 6.92 Å². The molecule has 2 heterocycles. The molecule has 0 unspecified atom stereocenters. The van der Waals surface area contributed by atoms with Gasteiger partial charge in [-0.15, -0.1) is 0 Å². The number of hydrogen-bond donors (Lipinski definition) is 1. The van der Waals surface area contributed by atoms with Gasteiger partial charge in [-0.3, -0.25) is 9.89 Å². The third-order valence-corrected chi connectivity index (χ3v) is 4.00. The molecule has 3 aromatic rings. The largest absolute Gasteiger partial charge is 0.462 e. The standard InChI is InChI=1S/C17H16ClN3O3.C2H6/c1-3-24-17(23)14-9-19-21-15(14)20-10(2)13(16(21)22)8-11-4-6-12(18)7-5-11;1-2/h4-7,9,19H,3,8H2,1-2H3;1-2H3. The lowest BCUT2D eigenvalue weighted by Crippen LogP contribution is -2.22. The number of esters is 1. The van der Waals surface area contributed by atoms with E-state index < -0.39 is 5.97 Å². The highest BCUT2D eigenvalue weighted by molar-refractivity contribution is 6.30. The molecule has 2 aromatic heterocycles. The first-order chi connectivity index (χ1) is 12.5. The summed E-state index contributed by atoms with van der Waals surface area (Å²) >= 11 is 5.89. The number of benzene rings is 1. The molecular weight excluding hydrogens is 354 g/mol. The van der Waals surface area contributed by atoms with E-state index in [2.05, 4.69) is 10.1 Å². The summed E-state index contributed by atoms with van der Waals surface area (Å²) in [6.07, 6.45) is 1.87. The molecule has 1 aromatic carbocycles. The molecular formula is C19H22ClN3O3. The molecule has 0 saturated heterocycles. The Labute approximate surface area is 156 Å². The Hall–Kier alpha value is -2.60. The second kappa shape index (κ2) is 8.67. The minimum absolute atomic E-state index is 0.233. The lowest BCUT2D eigenvalue weighted by Gasteiger charge is -2.06. The van der Waals surface area contributed by atoms with Crippen LogP contribution in [0.1, 0.15) is 48.0 Å². The topological polar surface area (TPSA) is 76.5 Å². The number of aryl methyl sites for hydroxylation is 1. The van der Waals surface area contributed by atoms with Gasteiger partial charge in [0, 0.05) is 28.9 Å². The number of rotatable bonds is 4. The number of carbonyl (C=O) groups excluding carboxylic acids is 1. The van der Waals surface area contributed by atoms with Crippen molar-refractivity contribution in [3.8, 4) is 0 Å². The first-order valence-corrected chi connectivity index (χ1v) is 8.90. The van der Waals surface area contributed by atoms with Gasteiger partial charge in [-0.05, 0) is 31.5 Å². The van der Waals surface area contributed by atoms with Gasteiger partial charge in [0.15, 0.2) is 5.65 Å². The van der Waals surface area contributed by atoms with Crippen molar-refractivity contribution in [1.82, 2.24) is 14.6 Å². The van der Waals surface area contributed by atoms with Crippen molar-refractivity contribution < 1.29 is 9.53 Å². The van der Waals surface area contributed by atoms with Crippen molar-refractivity contribution in [2.45, 2.75) is 34.1 Å². The van der Waals surface area contributed by atoms with E-state index in [-0.39, 0.29) is 23.4 Å². The van der Waals surface area contributed by atoms with Crippen molar-refractivity contribution in [2.24, 2.45) is 0 Å². The van der Waals surface area contributed by atoms with E-state index in [4.69, 9.17) is 16.3 Å². The maximum atomic E-state index is 12.7. The van der Waals surface area contributed by atoms with Gasteiger partial charge in [0.1, 0.15) is 5.56 Å². The van der Waals surface area contributed by atoms with Crippen LogP contribution < -0.4 is 5.56 Å². The minimum atomic E-state index is -0.506. The maximum absolute atomic E-state index is 12.7. The van der Waals surface area contributed by atoms with Gasteiger partial charge >= 0.3 is 5.97 Å². The van der Waals surface area contributed by atoms with E-state index in [1.54, 1.807) is 26.0 Å². The number of ether oxygens (including phenoxy) is 1. The lowest BCUT2D eigenvalue weighted by molar-refractivity contribution is 0.0528. The van der Waals surface area contributed by atoms with Gasteiger partial charge < -0.3 is 4.74 Å². The van der Waals surface area contributed by atoms with Gasteiger partial charge in [0.25, 0.3) is 5.56 Å². The molecule has 26 heavy (non-hydrogen) atoms. The average molecular weight is 376 g/mol. The number of aromatic amines is 1. The monoisotopic (exact) mass is 375 g/mol. The van der Waals surface area contributed by atoms with Gasteiger partial charge in [-0.2, -0.15) is 0 Å². The molecule has 3 rings (SSSR count). The third kappa shape index (κ3) is 3.96. The number of halogens is 1. The van der Waals surface area contributed by atoms with Crippen molar-refractivity contribution in [2.75, 3.05) is 6.61 Å². The Kier molecular flexibility index (Phi) is 6.58. The van der Waals surface area contributed by atoms with Crippen LogP contribution in [0.15, 0.2) is 35.3 Å². The van der Waals surface area contributed by atoms with E-state index in [9.17, 15) is 9.59 Å². The molecule has 7 heteroatoms. The molecule has 0 amide bonds. The number of nitrogens with zero attached hydrogens (tertiary/aromatic N) is 2. The number of fused-ring (bicyclic) bond motifs is 1. The Morgan fingerprint density at radius 1 is 1.27 bits per heavy atom. The Morgan fingerprint density at radius 2 is 1.92 bits per heavy atom. The smallest absolute Gasteiger partial charge is 0.343 e. The fourth-order valence-corrected chi connectivity index (χ4v) is 2.65. The molecule has 0 aliphatic heterocycles. The predicted octanol–water partition coefficient (Wildman–Crippen LogP) is 3.78. The lowest BCUT2D eigenvalue weighted by atomic mass is 10.1. The van der Waals surface area contributed by atoms with E-state index in [0.717, 1.165) is 5.56 Å². The van der Waals surface area contributed by atoms with Crippen LogP contribution in [0.3, 0.4) is 0 Å². The van der Waals surface area contributed by atoms with Gasteiger partial charge in [0.05, 0.1) is 6.61 Å². The molecule has 0 atom stereocenters. The molecule has 138 valence electrons. The molecule has 1 N–H and O–H groups in total. The number of H-pyrrole nitrogens is 1. The average Bonchev–Trinajstić information content (AvgIpc) is 3.06. The van der Waals surface area contributed by atoms with Crippen LogP contribution in [0.2, 0.25) is 5.02 Å². The summed E-state index contributed by atoms with van der Waals surface area (Å²) in [6, 6.07) is 7.30. The van der Waals surface area contributed by atoms with Crippen LogP contribution in [0.4, 0.5) is 0 Å². The summed E-state index contributed by atoms with van der Waals surface area (Å²) in [7, 11) is 0. The number of nitrogens with one attached hydrogen (secondary N) is 1. The summed E-state index contributed by atoms with van der Waals surface area (Å²) < 4.78 is 6.25. The van der Waals surface area contributed by atoms with Gasteiger partial charge in [-0.1, -0.05) is 37.6 Å². The van der Waals surface area contributed by atoms with Crippen LogP contribution in [-0.4, -0.2) is 27.2 Å². The highest BCUT2D eigenvalue weighted by atomic mass is 35.5. The second-order valence-corrected chi connectivity index (χ2v) is 5.79. The Morgan fingerprint density at radius 3 is 2.54 bits per heavy atom. The highest BCUT2D eigenvalue weighted by Gasteiger charge is 2.19. The van der Waals surface area contributed by atoms with Crippen molar-refractivity contribution in [3.63, 3.8) is 0 Å². The predicted molar refractivity (Wildman–Crippen MR) is 102 cm³/mol. The zero-order chi connectivity index (χ0) is 19.3. The Bertz CT molecular complexity index is 959. The van der Waals surface area contributed by atoms with Gasteiger partial charge in [-0.25, -0.2) is 14.3 Å². The molecule has 0 radical (unpaired) electrons. The minimum Gasteiger partial charge on any atom is -0.462 e. The molecule has 0 saturated carbocycles. The van der Waals surface area contributed by atoms with Gasteiger partial charge in [0.2, 0.25) is 0 Å². The normalized spacial score (nSPS) is 10.3. The summed E-state index contributed by atoms with van der Waals surface area (Å²) in [4.78, 5) is 29.1. The van der Waals surface area contributed by atoms with E-state index in [0.29, 0.717) is 22.7 Å². The van der Waals surface area contributed by atoms with Crippen LogP contribution in [0.25, 0.3) is 5.65 Å². The molecule has 0 spiro atoms. The summed E-state index contributed by atoms with van der Waals surface area (Å²) in [5.74, 6) is -0.506. The van der Waals surface area contributed by atoms with Crippen molar-refractivity contribution in [3.05, 3.63) is 68.2 Å². The number of carbonyl (C=O) groups is 1. The summed E-state index contributed by atoms with van der Waals surface area (Å²) in [5.41, 5.74) is 2.39. The molecule has 0 fully saturated rings. The van der Waals surface area contributed by atoms with Crippen LogP contribution >= 0.6 is 11.6 Å². The number of aromatic nitrogens is 3. The number of hydrogen-bond acceptors (Lipinski definition) is 4. The van der Waals surface area contributed by atoms with Crippen molar-refractivity contribution >= 4 is 23.2 Å². The SMILES string of the molecule is CC.CCOC(=O)c1c[nH]n2c(=O)c(Cc3ccc(Cl)cc3)c(C)nc12. The fourth-order valence-electron chi connectivity index (χ4n) is 2.53. The first kappa shape index (κ1) is 19.7. The fraction of sp³-hybridized carbons (Fsp3) is 0.316. The third-order valence-electron chi connectivity index (χ3n) is 3.75. The maximum Gasteiger partial charge on any atom is 0.343 e. The molecule has 0 aliphatic rings. The summed E-state index contributed by atoms with van der Waals surface area (Å²) in [5, 5.41) is 3.42. The zero-order valence-electron chi connectivity index (χ0n) is 15.3.